The number of rotatable bonds is 2. The Kier molecular flexibility index (Phi) is 2.00. The van der Waals surface area contributed by atoms with Gasteiger partial charge in [-0.15, -0.1) is 11.3 Å². The third-order valence-corrected chi connectivity index (χ3v) is 2.40. The molecule has 0 spiro atoms. The minimum Gasteiger partial charge on any atom is -0.493 e. The molecule has 0 saturated heterocycles. The van der Waals surface area contributed by atoms with Crippen LogP contribution in [0.25, 0.3) is 10.8 Å². The molecule has 2 heteroatoms. The summed E-state index contributed by atoms with van der Waals surface area (Å²) in [5, 5.41) is 7.59. The number of thiophene rings is 1. The molecule has 0 aliphatic carbocycles. The molecule has 0 N–H and O–H groups in total. The van der Waals surface area contributed by atoms with E-state index in [1.54, 1.807) is 11.3 Å². The van der Waals surface area contributed by atoms with E-state index >= 15 is 0 Å². The van der Waals surface area contributed by atoms with Crippen LogP contribution in [-0.2, 0) is 0 Å². The lowest BCUT2D eigenvalue weighted by Gasteiger charge is -2.02. The van der Waals surface area contributed by atoms with Crippen molar-refractivity contribution in [2.75, 3.05) is 6.61 Å². The second-order valence-corrected chi connectivity index (χ2v) is 3.17. The SMILES string of the molecule is CCOc1cccc2cs[c]c12. The van der Waals surface area contributed by atoms with E-state index in [1.807, 2.05) is 19.1 Å². The fraction of sp³-hybridized carbons (Fsp3) is 0.200. The van der Waals surface area contributed by atoms with Crippen LogP contribution in [0, 0.1) is 5.38 Å². The van der Waals surface area contributed by atoms with Gasteiger partial charge in [-0.25, -0.2) is 0 Å². The Morgan fingerprint density at radius 1 is 1.50 bits per heavy atom. The molecule has 12 heavy (non-hydrogen) atoms. The van der Waals surface area contributed by atoms with Crippen LogP contribution in [0.1, 0.15) is 6.92 Å². The second kappa shape index (κ2) is 3.15. The van der Waals surface area contributed by atoms with Crippen molar-refractivity contribution in [3.8, 4) is 5.75 Å². The summed E-state index contributed by atoms with van der Waals surface area (Å²) in [5.41, 5.74) is 0. The van der Waals surface area contributed by atoms with Crippen LogP contribution in [0.3, 0.4) is 0 Å². The van der Waals surface area contributed by atoms with E-state index in [4.69, 9.17) is 4.74 Å². The highest BCUT2D eigenvalue weighted by atomic mass is 32.1. The lowest BCUT2D eigenvalue weighted by atomic mass is 10.2. The van der Waals surface area contributed by atoms with Gasteiger partial charge in [-0.3, -0.25) is 0 Å². The first-order chi connectivity index (χ1) is 5.92. The maximum Gasteiger partial charge on any atom is 0.128 e. The lowest BCUT2D eigenvalue weighted by Crippen LogP contribution is -1.90. The van der Waals surface area contributed by atoms with Crippen LogP contribution in [0.2, 0.25) is 0 Å². The van der Waals surface area contributed by atoms with Crippen molar-refractivity contribution < 1.29 is 4.74 Å². The fourth-order valence-electron chi connectivity index (χ4n) is 1.18. The second-order valence-electron chi connectivity index (χ2n) is 2.49. The van der Waals surface area contributed by atoms with Gasteiger partial charge in [0.25, 0.3) is 0 Å². The summed E-state index contributed by atoms with van der Waals surface area (Å²) < 4.78 is 5.45. The average Bonchev–Trinajstić information content (AvgIpc) is 2.53. The Morgan fingerprint density at radius 3 is 3.25 bits per heavy atom. The summed E-state index contributed by atoms with van der Waals surface area (Å²) in [7, 11) is 0. The largest absolute Gasteiger partial charge is 0.493 e. The number of hydrogen-bond acceptors (Lipinski definition) is 2. The molecule has 2 rings (SSSR count). The highest BCUT2D eigenvalue weighted by Crippen LogP contribution is 2.27. The van der Waals surface area contributed by atoms with E-state index in [9.17, 15) is 0 Å². The molecule has 0 aliphatic heterocycles. The van der Waals surface area contributed by atoms with Crippen molar-refractivity contribution >= 4 is 22.1 Å². The lowest BCUT2D eigenvalue weighted by molar-refractivity contribution is 0.344. The monoisotopic (exact) mass is 177 g/mol. The number of fused-ring (bicyclic) bond motifs is 1. The number of hydrogen-bond donors (Lipinski definition) is 0. The smallest absolute Gasteiger partial charge is 0.128 e. The molecule has 61 valence electrons. The van der Waals surface area contributed by atoms with E-state index in [-0.39, 0.29) is 0 Å². The predicted molar refractivity (Wildman–Crippen MR) is 51.8 cm³/mol. The summed E-state index contributed by atoms with van der Waals surface area (Å²) in [6.07, 6.45) is 0. The van der Waals surface area contributed by atoms with Crippen molar-refractivity contribution in [3.63, 3.8) is 0 Å². The molecule has 0 amide bonds. The first-order valence-electron chi connectivity index (χ1n) is 3.92. The van der Waals surface area contributed by atoms with Crippen molar-refractivity contribution in [1.29, 1.82) is 0 Å². The van der Waals surface area contributed by atoms with E-state index in [2.05, 4.69) is 16.8 Å². The maximum absolute atomic E-state index is 5.45. The van der Waals surface area contributed by atoms with Crippen LogP contribution in [0.5, 0.6) is 5.75 Å². The summed E-state index contributed by atoms with van der Waals surface area (Å²) in [6, 6.07) is 6.06. The van der Waals surface area contributed by atoms with Crippen LogP contribution < -0.4 is 4.74 Å². The molecule has 0 fully saturated rings. The molecular weight excluding hydrogens is 168 g/mol. The Labute approximate surface area is 75.6 Å². The maximum atomic E-state index is 5.45. The van der Waals surface area contributed by atoms with Gasteiger partial charge in [-0.05, 0) is 23.8 Å². The first kappa shape index (κ1) is 7.62. The van der Waals surface area contributed by atoms with Gasteiger partial charge in [-0.1, -0.05) is 12.1 Å². The molecule has 0 bridgehead atoms. The number of benzene rings is 1. The van der Waals surface area contributed by atoms with E-state index in [1.165, 1.54) is 5.39 Å². The predicted octanol–water partition coefficient (Wildman–Crippen LogP) is 3.10. The van der Waals surface area contributed by atoms with Gasteiger partial charge in [0, 0.05) is 5.39 Å². The van der Waals surface area contributed by atoms with Crippen LogP contribution in [0.4, 0.5) is 0 Å². The zero-order chi connectivity index (χ0) is 8.39. The fourth-order valence-corrected chi connectivity index (χ4v) is 1.90. The van der Waals surface area contributed by atoms with E-state index < -0.39 is 0 Å². The minimum atomic E-state index is 0.711. The Balaban J connectivity index is 2.57. The van der Waals surface area contributed by atoms with Crippen molar-refractivity contribution in [2.45, 2.75) is 6.92 Å². The standard InChI is InChI=1S/C10H9OS/c1-2-11-10-5-3-4-8-6-12-7-9(8)10/h3-6H,2H2,1H3. The topological polar surface area (TPSA) is 9.23 Å². The summed E-state index contributed by atoms with van der Waals surface area (Å²) in [4.78, 5) is 0. The molecule has 0 atom stereocenters. The summed E-state index contributed by atoms with van der Waals surface area (Å²) >= 11 is 1.59. The minimum absolute atomic E-state index is 0.711. The van der Waals surface area contributed by atoms with Crippen LogP contribution in [-0.4, -0.2) is 6.61 Å². The average molecular weight is 177 g/mol. The molecule has 1 radical (unpaired) electrons. The molecule has 1 aromatic carbocycles. The highest BCUT2D eigenvalue weighted by molar-refractivity contribution is 7.08. The molecule has 1 heterocycles. The van der Waals surface area contributed by atoms with Gasteiger partial charge in [-0.2, -0.15) is 0 Å². The molecule has 1 aromatic heterocycles. The van der Waals surface area contributed by atoms with Gasteiger partial charge in [0.1, 0.15) is 5.75 Å². The molecule has 2 aromatic rings. The Bertz CT molecular complexity index is 378. The van der Waals surface area contributed by atoms with Crippen molar-refractivity contribution in [2.24, 2.45) is 0 Å². The normalized spacial score (nSPS) is 10.4. The molecule has 0 saturated carbocycles. The summed E-state index contributed by atoms with van der Waals surface area (Å²) in [5.74, 6) is 0.941. The third-order valence-electron chi connectivity index (χ3n) is 1.71. The van der Waals surface area contributed by atoms with Crippen molar-refractivity contribution in [3.05, 3.63) is 29.0 Å². The van der Waals surface area contributed by atoms with E-state index in [0.29, 0.717) is 6.61 Å². The van der Waals surface area contributed by atoms with E-state index in [0.717, 1.165) is 11.1 Å². The van der Waals surface area contributed by atoms with Crippen LogP contribution >= 0.6 is 11.3 Å². The van der Waals surface area contributed by atoms with Gasteiger partial charge < -0.3 is 4.74 Å². The molecule has 1 nitrogen and oxygen atoms in total. The Hall–Kier alpha value is -1.02. The van der Waals surface area contributed by atoms with Crippen molar-refractivity contribution in [1.82, 2.24) is 0 Å². The first-order valence-corrected chi connectivity index (χ1v) is 4.80. The van der Waals surface area contributed by atoms with Gasteiger partial charge in [0.2, 0.25) is 0 Å². The van der Waals surface area contributed by atoms with Gasteiger partial charge in [0.05, 0.1) is 12.0 Å². The van der Waals surface area contributed by atoms with Gasteiger partial charge >= 0.3 is 0 Å². The molecule has 0 aliphatic rings. The number of ether oxygens (including phenoxy) is 1. The summed E-state index contributed by atoms with van der Waals surface area (Å²) in [6.45, 7) is 2.70. The van der Waals surface area contributed by atoms with Gasteiger partial charge in [0.15, 0.2) is 0 Å². The third kappa shape index (κ3) is 1.18. The zero-order valence-electron chi connectivity index (χ0n) is 6.83. The Morgan fingerprint density at radius 2 is 2.42 bits per heavy atom. The van der Waals surface area contributed by atoms with Crippen LogP contribution in [0.15, 0.2) is 23.6 Å². The molecule has 0 unspecified atom stereocenters. The molecular formula is C10H9OS. The quantitative estimate of drug-likeness (QED) is 0.685. The highest BCUT2D eigenvalue weighted by Gasteiger charge is 2.00. The zero-order valence-corrected chi connectivity index (χ0v) is 7.65.